The predicted octanol–water partition coefficient (Wildman–Crippen LogP) is 3.56. The topological polar surface area (TPSA) is 81.2 Å². The van der Waals surface area contributed by atoms with Crippen LogP contribution in [0.25, 0.3) is 0 Å². The number of carbonyl (C=O) groups excluding carboxylic acids is 2. The van der Waals surface area contributed by atoms with Gasteiger partial charge in [-0.2, -0.15) is 0 Å². The minimum absolute atomic E-state index is 0.0188. The molecule has 2 aromatic carbocycles. The standard InChI is InChI=1S/C25H27Cl2FN4O4S/c1-15(2)30-14-23-31(37(35,36)22-12-18(27)9-10-19(22)28)13-21(29(3)4)25(34)32(23)20(24(30)33)11-16-5-7-17(26)8-6-16/h5-10,12,14-15,20-21H,11,13H2,1-4H3. The summed E-state index contributed by atoms with van der Waals surface area (Å²) < 4.78 is 43.5. The Bertz CT molecular complexity index is 1370. The monoisotopic (exact) mass is 568 g/mol. The maximum absolute atomic E-state index is 14.8. The van der Waals surface area contributed by atoms with Gasteiger partial charge < -0.3 is 4.90 Å². The molecule has 0 aliphatic carbocycles. The average molecular weight is 569 g/mol. The third-order valence-electron chi connectivity index (χ3n) is 6.45. The Kier molecular flexibility index (Phi) is 7.58. The number of halogens is 3. The Morgan fingerprint density at radius 2 is 1.65 bits per heavy atom. The lowest BCUT2D eigenvalue weighted by Gasteiger charge is -2.49. The fourth-order valence-corrected chi connectivity index (χ4v) is 6.37. The first kappa shape index (κ1) is 27.4. The fraction of sp³-hybridized carbons (Fsp3) is 0.360. The highest BCUT2D eigenvalue weighted by Gasteiger charge is 2.51. The molecule has 1 fully saturated rings. The number of carbonyl (C=O) groups is 2. The molecule has 0 bridgehead atoms. The van der Waals surface area contributed by atoms with E-state index in [4.69, 9.17) is 23.2 Å². The fourth-order valence-electron chi connectivity index (χ4n) is 4.46. The molecular formula is C25H27Cl2FN4O4S. The molecule has 2 unspecified atom stereocenters. The molecule has 0 N–H and O–H groups in total. The van der Waals surface area contributed by atoms with E-state index in [0.29, 0.717) is 5.02 Å². The summed E-state index contributed by atoms with van der Waals surface area (Å²) in [6, 6.07) is 7.87. The molecule has 2 aliphatic heterocycles. The number of sulfonamides is 1. The summed E-state index contributed by atoms with van der Waals surface area (Å²) in [6.45, 7) is 3.30. The summed E-state index contributed by atoms with van der Waals surface area (Å²) in [5.41, 5.74) is 0.739. The number of hydrogen-bond donors (Lipinski definition) is 0. The van der Waals surface area contributed by atoms with Gasteiger partial charge in [0.15, 0.2) is 0 Å². The molecule has 2 heterocycles. The largest absolute Gasteiger partial charge is 0.311 e. The Balaban J connectivity index is 1.90. The van der Waals surface area contributed by atoms with Crippen molar-refractivity contribution in [2.24, 2.45) is 0 Å². The van der Waals surface area contributed by atoms with Gasteiger partial charge in [0.25, 0.3) is 10.0 Å². The van der Waals surface area contributed by atoms with Gasteiger partial charge >= 0.3 is 0 Å². The summed E-state index contributed by atoms with van der Waals surface area (Å²) >= 11 is 12.0. The Hall–Kier alpha value is -2.66. The lowest BCUT2D eigenvalue weighted by Crippen LogP contribution is -2.67. The van der Waals surface area contributed by atoms with E-state index in [2.05, 4.69) is 0 Å². The van der Waals surface area contributed by atoms with Gasteiger partial charge in [-0.05, 0) is 63.8 Å². The van der Waals surface area contributed by atoms with Crippen LogP contribution in [0.4, 0.5) is 4.39 Å². The zero-order valence-electron chi connectivity index (χ0n) is 20.7. The second kappa shape index (κ2) is 10.2. The van der Waals surface area contributed by atoms with Crippen molar-refractivity contribution in [3.63, 3.8) is 0 Å². The molecule has 0 spiro atoms. The summed E-state index contributed by atoms with van der Waals surface area (Å²) in [6.07, 6.45) is 1.48. The number of benzene rings is 2. The zero-order chi connectivity index (χ0) is 27.2. The molecule has 4 rings (SSSR count). The zero-order valence-corrected chi connectivity index (χ0v) is 23.1. The van der Waals surface area contributed by atoms with Crippen molar-refractivity contribution in [2.45, 2.75) is 43.3 Å². The summed E-state index contributed by atoms with van der Waals surface area (Å²) in [5, 5.41) is 0.567. The number of fused-ring (bicyclic) bond motifs is 1. The SMILES string of the molecule is CC(C)N1C=C2N(C(=O)C(N(C)C)CN2S(=O)(=O)c2cc(Cl)ccc2F)C(Cc2ccc(Cl)cc2)C1=O. The molecule has 0 radical (unpaired) electrons. The summed E-state index contributed by atoms with van der Waals surface area (Å²) in [4.78, 5) is 31.0. The van der Waals surface area contributed by atoms with Gasteiger partial charge in [0.1, 0.15) is 28.6 Å². The number of amides is 2. The van der Waals surface area contributed by atoms with Crippen molar-refractivity contribution in [3.05, 3.63) is 75.9 Å². The first-order chi connectivity index (χ1) is 17.3. The van der Waals surface area contributed by atoms with E-state index in [0.717, 1.165) is 22.0 Å². The van der Waals surface area contributed by atoms with E-state index in [1.54, 1.807) is 57.1 Å². The van der Waals surface area contributed by atoms with Crippen LogP contribution in [0.1, 0.15) is 19.4 Å². The van der Waals surface area contributed by atoms with Crippen LogP contribution in [-0.4, -0.2) is 78.0 Å². The van der Waals surface area contributed by atoms with E-state index >= 15 is 0 Å². The van der Waals surface area contributed by atoms with Gasteiger partial charge in [-0.3, -0.25) is 19.4 Å². The summed E-state index contributed by atoms with van der Waals surface area (Å²) in [7, 11) is -1.23. The lowest BCUT2D eigenvalue weighted by atomic mass is 9.98. The van der Waals surface area contributed by atoms with Crippen LogP contribution in [0.2, 0.25) is 10.0 Å². The minimum atomic E-state index is -4.51. The highest BCUT2D eigenvalue weighted by molar-refractivity contribution is 7.89. The first-order valence-electron chi connectivity index (χ1n) is 11.6. The van der Waals surface area contributed by atoms with Crippen molar-refractivity contribution in [2.75, 3.05) is 20.6 Å². The number of likely N-dealkylation sites (N-methyl/N-ethyl adjacent to an activating group) is 1. The van der Waals surface area contributed by atoms with Gasteiger partial charge in [-0.15, -0.1) is 0 Å². The van der Waals surface area contributed by atoms with Gasteiger partial charge in [0, 0.05) is 28.7 Å². The molecule has 37 heavy (non-hydrogen) atoms. The van der Waals surface area contributed by atoms with Crippen LogP contribution in [-0.2, 0) is 26.0 Å². The Labute approximate surface area is 225 Å². The van der Waals surface area contributed by atoms with Gasteiger partial charge in [0.05, 0.1) is 6.54 Å². The van der Waals surface area contributed by atoms with E-state index in [1.165, 1.54) is 22.1 Å². The van der Waals surface area contributed by atoms with Crippen LogP contribution < -0.4 is 0 Å². The molecule has 2 amide bonds. The van der Waals surface area contributed by atoms with Gasteiger partial charge in [-0.1, -0.05) is 35.3 Å². The molecule has 8 nitrogen and oxygen atoms in total. The molecule has 0 saturated carbocycles. The van der Waals surface area contributed by atoms with Crippen LogP contribution in [0.15, 0.2) is 59.4 Å². The highest BCUT2D eigenvalue weighted by atomic mass is 35.5. The molecular weight excluding hydrogens is 542 g/mol. The third-order valence-corrected chi connectivity index (χ3v) is 8.72. The minimum Gasteiger partial charge on any atom is -0.311 e. The number of nitrogens with zero attached hydrogens (tertiary/aromatic N) is 4. The predicted molar refractivity (Wildman–Crippen MR) is 139 cm³/mol. The van der Waals surface area contributed by atoms with Gasteiger partial charge in [-0.25, -0.2) is 17.1 Å². The smallest absolute Gasteiger partial charge is 0.268 e. The maximum atomic E-state index is 14.8. The third kappa shape index (κ3) is 5.07. The molecule has 1 saturated heterocycles. The maximum Gasteiger partial charge on any atom is 0.268 e. The van der Waals surface area contributed by atoms with Crippen LogP contribution in [0.5, 0.6) is 0 Å². The van der Waals surface area contributed by atoms with Crippen LogP contribution >= 0.6 is 23.2 Å². The molecule has 198 valence electrons. The lowest BCUT2D eigenvalue weighted by molar-refractivity contribution is -0.152. The van der Waals surface area contributed by atoms with E-state index in [9.17, 15) is 22.4 Å². The summed E-state index contributed by atoms with van der Waals surface area (Å²) in [5.74, 6) is -1.77. The van der Waals surface area contributed by atoms with Crippen LogP contribution in [0, 0.1) is 5.82 Å². The van der Waals surface area contributed by atoms with Gasteiger partial charge in [0.2, 0.25) is 11.8 Å². The molecule has 0 aromatic heterocycles. The first-order valence-corrected chi connectivity index (χ1v) is 13.8. The van der Waals surface area contributed by atoms with Crippen molar-refractivity contribution in [1.29, 1.82) is 0 Å². The molecule has 12 heteroatoms. The van der Waals surface area contributed by atoms with E-state index < -0.39 is 38.7 Å². The Morgan fingerprint density at radius 3 is 2.24 bits per heavy atom. The van der Waals surface area contributed by atoms with E-state index in [-0.39, 0.29) is 35.8 Å². The second-order valence-corrected chi connectivity index (χ2v) is 12.2. The number of rotatable bonds is 6. The number of hydrogen-bond acceptors (Lipinski definition) is 5. The van der Waals surface area contributed by atoms with Crippen molar-refractivity contribution in [1.82, 2.24) is 19.0 Å². The quantitative estimate of drug-likeness (QED) is 0.532. The highest BCUT2D eigenvalue weighted by Crippen LogP contribution is 2.36. The normalized spacial score (nSPS) is 20.6. The molecule has 2 aliphatic rings. The van der Waals surface area contributed by atoms with Crippen molar-refractivity contribution >= 4 is 45.0 Å². The van der Waals surface area contributed by atoms with E-state index in [1.807, 2.05) is 0 Å². The van der Waals surface area contributed by atoms with Crippen molar-refractivity contribution in [3.8, 4) is 0 Å². The Morgan fingerprint density at radius 1 is 1.03 bits per heavy atom. The second-order valence-electron chi connectivity index (χ2n) is 9.47. The van der Waals surface area contributed by atoms with Crippen molar-refractivity contribution < 1.29 is 22.4 Å². The molecule has 2 aromatic rings. The molecule has 2 atom stereocenters. The van der Waals surface area contributed by atoms with Crippen LogP contribution in [0.3, 0.4) is 0 Å². The average Bonchev–Trinajstić information content (AvgIpc) is 2.82.